The van der Waals surface area contributed by atoms with Gasteiger partial charge in [0.2, 0.25) is 17.7 Å². The lowest BCUT2D eigenvalue weighted by Gasteiger charge is -2.31. The predicted octanol–water partition coefficient (Wildman–Crippen LogP) is 2.59. The molecule has 1 aliphatic heterocycles. The first kappa shape index (κ1) is 18.0. The van der Waals surface area contributed by atoms with Crippen molar-refractivity contribution < 1.29 is 14.4 Å². The average molecular weight is 322 g/mol. The van der Waals surface area contributed by atoms with Crippen molar-refractivity contribution in [3.8, 4) is 0 Å². The van der Waals surface area contributed by atoms with E-state index < -0.39 is 5.41 Å². The molecule has 0 unspecified atom stereocenters. The molecule has 1 saturated carbocycles. The molecule has 0 radical (unpaired) electrons. The van der Waals surface area contributed by atoms with Crippen LogP contribution >= 0.6 is 0 Å². The Bertz CT molecular complexity index is 481. The van der Waals surface area contributed by atoms with Crippen LogP contribution in [0.2, 0.25) is 0 Å². The molecule has 5 nitrogen and oxygen atoms in total. The van der Waals surface area contributed by atoms with E-state index in [-0.39, 0.29) is 30.3 Å². The van der Waals surface area contributed by atoms with Crippen LogP contribution in [-0.2, 0) is 14.4 Å². The van der Waals surface area contributed by atoms with Crippen LogP contribution in [0.15, 0.2) is 0 Å². The van der Waals surface area contributed by atoms with E-state index in [1.54, 1.807) is 11.9 Å². The van der Waals surface area contributed by atoms with E-state index in [1.165, 1.54) is 4.90 Å². The summed E-state index contributed by atoms with van der Waals surface area (Å²) in [6.45, 7) is 6.15. The molecule has 0 aromatic rings. The molecular formula is C18H30N2O3. The van der Waals surface area contributed by atoms with Gasteiger partial charge in [0.1, 0.15) is 6.54 Å². The number of likely N-dealkylation sites (tertiary alicyclic amines) is 1. The van der Waals surface area contributed by atoms with E-state index in [9.17, 15) is 14.4 Å². The molecule has 5 heteroatoms. The fourth-order valence-corrected chi connectivity index (χ4v) is 3.97. The van der Waals surface area contributed by atoms with Crippen molar-refractivity contribution in [2.24, 2.45) is 11.3 Å². The van der Waals surface area contributed by atoms with E-state index in [1.807, 2.05) is 6.92 Å². The highest BCUT2D eigenvalue weighted by Gasteiger charge is 2.51. The Hall–Kier alpha value is -1.39. The van der Waals surface area contributed by atoms with Crippen molar-refractivity contribution in [2.75, 3.05) is 13.6 Å². The lowest BCUT2D eigenvalue weighted by Crippen LogP contribution is -2.46. The number of amides is 3. The smallest absolute Gasteiger partial charge is 0.242 e. The number of carbonyl (C=O) groups is 3. The van der Waals surface area contributed by atoms with Gasteiger partial charge in [-0.2, -0.15) is 0 Å². The van der Waals surface area contributed by atoms with Crippen molar-refractivity contribution >= 4 is 17.7 Å². The maximum atomic E-state index is 12.7. The van der Waals surface area contributed by atoms with Gasteiger partial charge in [0.05, 0.1) is 5.41 Å². The zero-order chi connectivity index (χ0) is 17.2. The second kappa shape index (κ2) is 7.02. The van der Waals surface area contributed by atoms with Crippen LogP contribution in [0.1, 0.15) is 65.7 Å². The highest BCUT2D eigenvalue weighted by atomic mass is 16.2. The number of imide groups is 1. The average Bonchev–Trinajstić information content (AvgIpc) is 2.70. The Morgan fingerprint density at radius 3 is 2.35 bits per heavy atom. The third-order valence-corrected chi connectivity index (χ3v) is 5.46. The molecule has 1 saturated heterocycles. The Morgan fingerprint density at radius 2 is 1.78 bits per heavy atom. The summed E-state index contributed by atoms with van der Waals surface area (Å²) in [6, 6.07) is 0.110. The van der Waals surface area contributed by atoms with Crippen molar-refractivity contribution in [2.45, 2.75) is 71.8 Å². The molecule has 0 aromatic carbocycles. The van der Waals surface area contributed by atoms with Crippen molar-refractivity contribution in [1.82, 2.24) is 9.80 Å². The molecule has 23 heavy (non-hydrogen) atoms. The fraction of sp³-hybridized carbons (Fsp3) is 0.833. The molecule has 1 atom stereocenters. The highest BCUT2D eigenvalue weighted by Crippen LogP contribution is 2.45. The number of hydrogen-bond acceptors (Lipinski definition) is 3. The number of nitrogens with zero attached hydrogens (tertiary/aromatic N) is 2. The van der Waals surface area contributed by atoms with Crippen LogP contribution in [0.3, 0.4) is 0 Å². The number of rotatable bonds is 5. The summed E-state index contributed by atoms with van der Waals surface area (Å²) in [5.74, 6) is 0.0733. The van der Waals surface area contributed by atoms with Crippen LogP contribution in [0.5, 0.6) is 0 Å². The number of hydrogen-bond donors (Lipinski definition) is 0. The Balaban J connectivity index is 2.00. The van der Waals surface area contributed by atoms with E-state index in [4.69, 9.17) is 0 Å². The van der Waals surface area contributed by atoms with Crippen LogP contribution in [-0.4, -0.2) is 47.2 Å². The largest absolute Gasteiger partial charge is 0.341 e. The Morgan fingerprint density at radius 1 is 1.17 bits per heavy atom. The Kier molecular flexibility index (Phi) is 5.48. The standard InChI is InChI=1S/C18H30N2O3/c1-13(2)10-14(3)19(4)16(22)12-20-15(21)11-18(17(20)23)8-6-5-7-9-18/h13-14H,5-12H2,1-4H3/t14-/m0/s1. The second-order valence-electron chi connectivity index (χ2n) is 7.79. The van der Waals surface area contributed by atoms with E-state index >= 15 is 0 Å². The lowest BCUT2D eigenvalue weighted by molar-refractivity contribution is -0.148. The van der Waals surface area contributed by atoms with Crippen molar-refractivity contribution in [1.29, 1.82) is 0 Å². The maximum Gasteiger partial charge on any atom is 0.242 e. The first-order valence-corrected chi connectivity index (χ1v) is 8.87. The number of carbonyl (C=O) groups excluding carboxylic acids is 3. The molecule has 1 spiro atoms. The summed E-state index contributed by atoms with van der Waals surface area (Å²) in [6.07, 6.45) is 5.94. The van der Waals surface area contributed by atoms with Gasteiger partial charge < -0.3 is 4.90 Å². The monoisotopic (exact) mass is 322 g/mol. The van der Waals surface area contributed by atoms with Crippen molar-refractivity contribution in [3.05, 3.63) is 0 Å². The van der Waals surface area contributed by atoms with E-state index in [0.29, 0.717) is 12.3 Å². The summed E-state index contributed by atoms with van der Waals surface area (Å²) in [4.78, 5) is 40.4. The molecule has 1 heterocycles. The molecule has 0 aromatic heterocycles. The van der Waals surface area contributed by atoms with Gasteiger partial charge in [0.25, 0.3) is 0 Å². The quantitative estimate of drug-likeness (QED) is 0.731. The SMILES string of the molecule is CC(C)C[C@H](C)N(C)C(=O)CN1C(=O)CC2(CCCCC2)C1=O. The van der Waals surface area contributed by atoms with Gasteiger partial charge >= 0.3 is 0 Å². The zero-order valence-electron chi connectivity index (χ0n) is 14.9. The zero-order valence-corrected chi connectivity index (χ0v) is 14.9. The number of likely N-dealkylation sites (N-methyl/N-ethyl adjacent to an activating group) is 1. The fourth-order valence-electron chi connectivity index (χ4n) is 3.97. The first-order chi connectivity index (χ1) is 10.8. The molecule has 3 amide bonds. The van der Waals surface area contributed by atoms with E-state index in [2.05, 4.69) is 13.8 Å². The van der Waals surface area contributed by atoms with Gasteiger partial charge in [0, 0.05) is 19.5 Å². The van der Waals surface area contributed by atoms with Crippen LogP contribution in [0, 0.1) is 11.3 Å². The minimum absolute atomic E-state index is 0.0989. The Labute approximate surface area is 139 Å². The molecule has 130 valence electrons. The minimum Gasteiger partial charge on any atom is -0.341 e. The molecule has 0 bridgehead atoms. The topological polar surface area (TPSA) is 57.7 Å². The summed E-state index contributed by atoms with van der Waals surface area (Å²) in [5, 5.41) is 0. The summed E-state index contributed by atoms with van der Waals surface area (Å²) >= 11 is 0. The molecule has 2 aliphatic rings. The van der Waals surface area contributed by atoms with Crippen molar-refractivity contribution in [3.63, 3.8) is 0 Å². The van der Waals surface area contributed by atoms with Crippen LogP contribution in [0.25, 0.3) is 0 Å². The highest BCUT2D eigenvalue weighted by molar-refractivity contribution is 6.08. The third kappa shape index (κ3) is 3.75. The van der Waals surface area contributed by atoms with Crippen LogP contribution < -0.4 is 0 Å². The van der Waals surface area contributed by atoms with Gasteiger partial charge in [-0.3, -0.25) is 19.3 Å². The summed E-state index contributed by atoms with van der Waals surface area (Å²) < 4.78 is 0. The van der Waals surface area contributed by atoms with Gasteiger partial charge in [-0.1, -0.05) is 33.1 Å². The van der Waals surface area contributed by atoms with Gasteiger partial charge in [-0.25, -0.2) is 0 Å². The third-order valence-electron chi connectivity index (χ3n) is 5.46. The maximum absolute atomic E-state index is 12.7. The van der Waals surface area contributed by atoms with Gasteiger partial charge in [-0.05, 0) is 32.1 Å². The molecule has 0 N–H and O–H groups in total. The van der Waals surface area contributed by atoms with Crippen LogP contribution in [0.4, 0.5) is 0 Å². The molecule has 2 fully saturated rings. The molecule has 2 rings (SSSR count). The first-order valence-electron chi connectivity index (χ1n) is 8.87. The van der Waals surface area contributed by atoms with Gasteiger partial charge in [-0.15, -0.1) is 0 Å². The molecule has 1 aliphatic carbocycles. The summed E-state index contributed by atoms with van der Waals surface area (Å²) in [7, 11) is 1.76. The van der Waals surface area contributed by atoms with Gasteiger partial charge in [0.15, 0.2) is 0 Å². The lowest BCUT2D eigenvalue weighted by atomic mass is 9.73. The van der Waals surface area contributed by atoms with E-state index in [0.717, 1.165) is 38.5 Å². The summed E-state index contributed by atoms with van der Waals surface area (Å²) in [5.41, 5.74) is -0.502. The minimum atomic E-state index is -0.502. The normalized spacial score (nSPS) is 22.0. The second-order valence-corrected chi connectivity index (χ2v) is 7.79. The predicted molar refractivity (Wildman–Crippen MR) is 88.5 cm³/mol. The molecular weight excluding hydrogens is 292 g/mol.